The number of aryl methyl sites for hydroxylation is 2. The SMILES string of the molecule is Cc1cc(C)c(C#N)c(SC(C)C(=O)c2c[nH]c3ccccc23)n1. The molecule has 0 bridgehead atoms. The first-order valence-electron chi connectivity index (χ1n) is 7.66. The number of aromatic amines is 1. The number of fused-ring (bicyclic) bond motifs is 1. The van der Waals surface area contributed by atoms with Crippen molar-refractivity contribution in [2.75, 3.05) is 0 Å². The molecule has 0 saturated carbocycles. The summed E-state index contributed by atoms with van der Waals surface area (Å²) >= 11 is 1.34. The van der Waals surface area contributed by atoms with Crippen LogP contribution in [0.15, 0.2) is 41.6 Å². The molecule has 4 nitrogen and oxygen atoms in total. The van der Waals surface area contributed by atoms with Gasteiger partial charge in [-0.1, -0.05) is 30.0 Å². The molecule has 0 spiro atoms. The second-order valence-electron chi connectivity index (χ2n) is 5.74. The van der Waals surface area contributed by atoms with Crippen LogP contribution in [0.1, 0.15) is 34.1 Å². The van der Waals surface area contributed by atoms with Crippen molar-refractivity contribution < 1.29 is 4.79 Å². The summed E-state index contributed by atoms with van der Waals surface area (Å²) in [6.45, 7) is 5.64. The number of rotatable bonds is 4. The number of para-hydroxylation sites is 1. The van der Waals surface area contributed by atoms with Gasteiger partial charge in [0.15, 0.2) is 5.78 Å². The minimum atomic E-state index is -0.329. The maximum absolute atomic E-state index is 12.8. The lowest BCUT2D eigenvalue weighted by molar-refractivity contribution is 0.0995. The fourth-order valence-electron chi connectivity index (χ4n) is 2.74. The zero-order chi connectivity index (χ0) is 17.3. The van der Waals surface area contributed by atoms with Crippen molar-refractivity contribution in [2.45, 2.75) is 31.0 Å². The molecule has 1 unspecified atom stereocenters. The van der Waals surface area contributed by atoms with Crippen LogP contribution < -0.4 is 0 Å². The number of ketones is 1. The van der Waals surface area contributed by atoms with Crippen LogP contribution in [0.25, 0.3) is 10.9 Å². The Kier molecular flexibility index (Phi) is 4.41. The number of aromatic nitrogens is 2. The van der Waals surface area contributed by atoms with Gasteiger partial charge >= 0.3 is 0 Å². The van der Waals surface area contributed by atoms with Crippen molar-refractivity contribution in [3.63, 3.8) is 0 Å². The van der Waals surface area contributed by atoms with Gasteiger partial charge in [-0.25, -0.2) is 4.98 Å². The zero-order valence-electron chi connectivity index (χ0n) is 13.8. The molecule has 5 heteroatoms. The summed E-state index contributed by atoms with van der Waals surface area (Å²) in [5, 5.41) is 10.6. The molecule has 2 heterocycles. The van der Waals surface area contributed by atoms with Gasteiger partial charge in [-0.2, -0.15) is 5.26 Å². The highest BCUT2D eigenvalue weighted by molar-refractivity contribution is 8.00. The van der Waals surface area contributed by atoms with Gasteiger partial charge in [0, 0.05) is 28.4 Å². The molecule has 0 amide bonds. The first-order valence-corrected chi connectivity index (χ1v) is 8.54. The van der Waals surface area contributed by atoms with Gasteiger partial charge in [-0.05, 0) is 38.5 Å². The standard InChI is InChI=1S/C19H17N3OS/c1-11-8-12(2)22-19(15(11)9-20)24-13(3)18(23)16-10-21-17-7-5-4-6-14(16)17/h4-8,10,13,21H,1-3H3. The number of nitrogens with one attached hydrogen (secondary N) is 1. The average Bonchev–Trinajstić information content (AvgIpc) is 2.97. The van der Waals surface area contributed by atoms with Crippen LogP contribution in [0.5, 0.6) is 0 Å². The number of carbonyl (C=O) groups excluding carboxylic acids is 1. The van der Waals surface area contributed by atoms with Crippen molar-refractivity contribution in [3.8, 4) is 6.07 Å². The number of thioether (sulfide) groups is 1. The molecule has 3 rings (SSSR count). The van der Waals surface area contributed by atoms with E-state index < -0.39 is 0 Å². The van der Waals surface area contributed by atoms with Crippen molar-refractivity contribution in [2.24, 2.45) is 0 Å². The Morgan fingerprint density at radius 2 is 2.08 bits per heavy atom. The fourth-order valence-corrected chi connectivity index (χ4v) is 3.83. The van der Waals surface area contributed by atoms with Crippen LogP contribution in [-0.2, 0) is 0 Å². The molecule has 1 atom stereocenters. The summed E-state index contributed by atoms with van der Waals surface area (Å²) in [6, 6.07) is 11.8. The van der Waals surface area contributed by atoms with E-state index in [0.29, 0.717) is 16.2 Å². The molecule has 1 aromatic carbocycles. The van der Waals surface area contributed by atoms with Gasteiger partial charge < -0.3 is 4.98 Å². The van der Waals surface area contributed by atoms with Gasteiger partial charge in [0.2, 0.25) is 0 Å². The Hall–Kier alpha value is -2.58. The number of H-pyrrole nitrogens is 1. The largest absolute Gasteiger partial charge is 0.360 e. The highest BCUT2D eigenvalue weighted by atomic mass is 32.2. The molecule has 3 aromatic rings. The minimum absolute atomic E-state index is 0.0299. The number of carbonyl (C=O) groups is 1. The third-order valence-corrected chi connectivity index (χ3v) is 5.02. The summed E-state index contributed by atoms with van der Waals surface area (Å²) in [7, 11) is 0. The monoisotopic (exact) mass is 335 g/mol. The summed E-state index contributed by atoms with van der Waals surface area (Å²) < 4.78 is 0. The molecule has 2 aromatic heterocycles. The van der Waals surface area contributed by atoms with E-state index >= 15 is 0 Å². The first kappa shape index (κ1) is 16.3. The lowest BCUT2D eigenvalue weighted by atomic mass is 10.1. The quantitative estimate of drug-likeness (QED) is 0.566. The molecule has 0 aliphatic heterocycles. The van der Waals surface area contributed by atoms with Crippen LogP contribution in [-0.4, -0.2) is 21.0 Å². The van der Waals surface area contributed by atoms with Gasteiger partial charge in [-0.15, -0.1) is 0 Å². The lowest BCUT2D eigenvalue weighted by Crippen LogP contribution is -2.14. The first-order chi connectivity index (χ1) is 11.5. The number of hydrogen-bond donors (Lipinski definition) is 1. The van der Waals surface area contributed by atoms with Gasteiger partial charge in [0.1, 0.15) is 11.1 Å². The smallest absolute Gasteiger partial charge is 0.178 e. The highest BCUT2D eigenvalue weighted by Crippen LogP contribution is 2.30. The third-order valence-electron chi connectivity index (χ3n) is 3.94. The average molecular weight is 335 g/mol. The molecule has 0 fully saturated rings. The summed E-state index contributed by atoms with van der Waals surface area (Å²) in [6.07, 6.45) is 1.75. The summed E-state index contributed by atoms with van der Waals surface area (Å²) in [5.74, 6) is 0.0299. The van der Waals surface area contributed by atoms with E-state index in [2.05, 4.69) is 16.0 Å². The van der Waals surface area contributed by atoms with Gasteiger partial charge in [-0.3, -0.25) is 4.79 Å². The molecular formula is C19H17N3OS. The Morgan fingerprint density at radius 3 is 2.83 bits per heavy atom. The van der Waals surface area contributed by atoms with Crippen molar-refractivity contribution in [1.29, 1.82) is 5.26 Å². The van der Waals surface area contributed by atoms with Gasteiger partial charge in [0.05, 0.1) is 10.8 Å². The Bertz CT molecular complexity index is 968. The Morgan fingerprint density at radius 1 is 1.33 bits per heavy atom. The number of hydrogen-bond acceptors (Lipinski definition) is 4. The maximum atomic E-state index is 12.8. The number of nitrogens with zero attached hydrogens (tertiary/aromatic N) is 2. The number of benzene rings is 1. The van der Waals surface area contributed by atoms with Crippen LogP contribution in [0, 0.1) is 25.2 Å². The van der Waals surface area contributed by atoms with Crippen LogP contribution in [0.3, 0.4) is 0 Å². The molecule has 0 saturated heterocycles. The van der Waals surface area contributed by atoms with Crippen LogP contribution in [0.2, 0.25) is 0 Å². The summed E-state index contributed by atoms with van der Waals surface area (Å²) in [4.78, 5) is 20.4. The lowest BCUT2D eigenvalue weighted by Gasteiger charge is -2.12. The molecule has 0 radical (unpaired) electrons. The maximum Gasteiger partial charge on any atom is 0.178 e. The van der Waals surface area contributed by atoms with E-state index in [1.165, 1.54) is 11.8 Å². The second kappa shape index (κ2) is 6.50. The zero-order valence-corrected chi connectivity index (χ0v) is 14.6. The third kappa shape index (κ3) is 2.93. The highest BCUT2D eigenvalue weighted by Gasteiger charge is 2.22. The second-order valence-corrected chi connectivity index (χ2v) is 7.07. The van der Waals surface area contributed by atoms with Crippen molar-refractivity contribution in [3.05, 3.63) is 58.9 Å². The van der Waals surface area contributed by atoms with Crippen molar-refractivity contribution >= 4 is 28.4 Å². The van der Waals surface area contributed by atoms with E-state index in [1.54, 1.807) is 6.20 Å². The normalized spacial score (nSPS) is 12.1. The topological polar surface area (TPSA) is 69.5 Å². The van der Waals surface area contributed by atoms with Crippen molar-refractivity contribution in [1.82, 2.24) is 9.97 Å². The van der Waals surface area contributed by atoms with Crippen LogP contribution >= 0.6 is 11.8 Å². The van der Waals surface area contributed by atoms with E-state index in [9.17, 15) is 10.1 Å². The van der Waals surface area contributed by atoms with E-state index in [-0.39, 0.29) is 11.0 Å². The Labute approximate surface area is 144 Å². The Balaban J connectivity index is 1.92. The van der Waals surface area contributed by atoms with E-state index in [1.807, 2.05) is 51.1 Å². The molecule has 0 aliphatic carbocycles. The molecular weight excluding hydrogens is 318 g/mol. The molecule has 120 valence electrons. The number of nitriles is 1. The van der Waals surface area contributed by atoms with E-state index in [0.717, 1.165) is 22.2 Å². The molecule has 24 heavy (non-hydrogen) atoms. The predicted octanol–water partition coefficient (Wildman–Crippen LogP) is 4.41. The van der Waals surface area contributed by atoms with Crippen LogP contribution in [0.4, 0.5) is 0 Å². The van der Waals surface area contributed by atoms with Gasteiger partial charge in [0.25, 0.3) is 0 Å². The fraction of sp³-hybridized carbons (Fsp3) is 0.211. The number of pyridine rings is 1. The van der Waals surface area contributed by atoms with E-state index in [4.69, 9.17) is 0 Å². The molecule has 0 aliphatic rings. The predicted molar refractivity (Wildman–Crippen MR) is 96.4 cm³/mol. The summed E-state index contributed by atoms with van der Waals surface area (Å²) in [5.41, 5.74) is 3.90. The number of Topliss-reactive ketones (excluding diaryl/α,β-unsaturated/α-hetero) is 1. The molecule has 1 N–H and O–H groups in total. The minimum Gasteiger partial charge on any atom is -0.360 e.